The van der Waals surface area contributed by atoms with E-state index in [0.29, 0.717) is 24.8 Å². The maximum Gasteiger partial charge on any atom is 0.410 e. The summed E-state index contributed by atoms with van der Waals surface area (Å²) in [6, 6.07) is 3.66. The smallest absolute Gasteiger partial charge is 0.410 e. The van der Waals surface area contributed by atoms with E-state index in [1.54, 1.807) is 11.0 Å². The van der Waals surface area contributed by atoms with Gasteiger partial charge in [-0.2, -0.15) is 0 Å². The largest absolute Gasteiger partial charge is 0.444 e. The standard InChI is InChI=1S/C15H21ClN2O3/c1-10-11(5-6-13(16)17-10)9-20-12-7-18(8-12)14(19)21-15(2,3)4/h5-6,12H,7-9H2,1-4H3. The highest BCUT2D eigenvalue weighted by atomic mass is 35.5. The molecular formula is C15H21ClN2O3. The predicted molar refractivity (Wildman–Crippen MR) is 80.4 cm³/mol. The summed E-state index contributed by atoms with van der Waals surface area (Å²) in [6.45, 7) is 9.07. The maximum atomic E-state index is 11.8. The normalized spacial score (nSPS) is 15.8. The molecule has 0 unspecified atom stereocenters. The highest BCUT2D eigenvalue weighted by Gasteiger charge is 2.34. The Balaban J connectivity index is 1.75. The number of ether oxygens (including phenoxy) is 2. The lowest BCUT2D eigenvalue weighted by atomic mass is 10.1. The molecule has 1 aliphatic rings. The van der Waals surface area contributed by atoms with Crippen molar-refractivity contribution in [3.8, 4) is 0 Å². The van der Waals surface area contributed by atoms with Crippen LogP contribution in [0.25, 0.3) is 0 Å². The average molecular weight is 313 g/mol. The van der Waals surface area contributed by atoms with Crippen molar-refractivity contribution in [3.05, 3.63) is 28.5 Å². The summed E-state index contributed by atoms with van der Waals surface area (Å²) in [5.41, 5.74) is 1.41. The minimum absolute atomic E-state index is 0.0487. The molecule has 1 saturated heterocycles. The lowest BCUT2D eigenvalue weighted by Crippen LogP contribution is -2.55. The number of amides is 1. The van der Waals surface area contributed by atoms with Gasteiger partial charge >= 0.3 is 6.09 Å². The van der Waals surface area contributed by atoms with Gasteiger partial charge in [0.1, 0.15) is 10.8 Å². The van der Waals surface area contributed by atoms with Crippen LogP contribution in [0.2, 0.25) is 5.15 Å². The van der Waals surface area contributed by atoms with Crippen LogP contribution < -0.4 is 0 Å². The van der Waals surface area contributed by atoms with Crippen molar-refractivity contribution in [2.24, 2.45) is 0 Å². The molecule has 1 fully saturated rings. The van der Waals surface area contributed by atoms with Crippen LogP contribution in [0.3, 0.4) is 0 Å². The summed E-state index contributed by atoms with van der Waals surface area (Å²) in [5, 5.41) is 0.482. The van der Waals surface area contributed by atoms with E-state index in [1.165, 1.54) is 0 Å². The molecule has 1 aromatic rings. The van der Waals surface area contributed by atoms with Crippen LogP contribution in [0.4, 0.5) is 4.79 Å². The van der Waals surface area contributed by atoms with Gasteiger partial charge in [0.2, 0.25) is 0 Å². The van der Waals surface area contributed by atoms with Gasteiger partial charge in [0.15, 0.2) is 0 Å². The number of hydrogen-bond acceptors (Lipinski definition) is 4. The van der Waals surface area contributed by atoms with Gasteiger partial charge < -0.3 is 14.4 Å². The van der Waals surface area contributed by atoms with Crippen LogP contribution in [-0.4, -0.2) is 40.8 Å². The Labute approximate surface area is 130 Å². The highest BCUT2D eigenvalue weighted by Crippen LogP contribution is 2.19. The van der Waals surface area contributed by atoms with Crippen molar-refractivity contribution in [2.75, 3.05) is 13.1 Å². The van der Waals surface area contributed by atoms with Gasteiger partial charge in [0, 0.05) is 5.69 Å². The summed E-state index contributed by atoms with van der Waals surface area (Å²) in [7, 11) is 0. The number of hydrogen-bond donors (Lipinski definition) is 0. The Hall–Kier alpha value is -1.33. The molecule has 0 spiro atoms. The third-order valence-corrected chi connectivity index (χ3v) is 3.35. The highest BCUT2D eigenvalue weighted by molar-refractivity contribution is 6.29. The van der Waals surface area contributed by atoms with Gasteiger partial charge in [-0.3, -0.25) is 0 Å². The van der Waals surface area contributed by atoms with Crippen molar-refractivity contribution >= 4 is 17.7 Å². The molecule has 0 radical (unpaired) electrons. The second-order valence-electron chi connectivity index (χ2n) is 6.20. The van der Waals surface area contributed by atoms with E-state index in [-0.39, 0.29) is 12.2 Å². The van der Waals surface area contributed by atoms with Crippen LogP contribution in [0.15, 0.2) is 12.1 Å². The number of rotatable bonds is 3. The Morgan fingerprint density at radius 3 is 2.67 bits per heavy atom. The van der Waals surface area contributed by atoms with Crippen LogP contribution in [0.5, 0.6) is 0 Å². The van der Waals surface area contributed by atoms with Crippen molar-refractivity contribution < 1.29 is 14.3 Å². The molecule has 1 aromatic heterocycles. The van der Waals surface area contributed by atoms with Gasteiger partial charge in [0.25, 0.3) is 0 Å². The SMILES string of the molecule is Cc1nc(Cl)ccc1COC1CN(C(=O)OC(C)(C)C)C1. The summed E-state index contributed by atoms with van der Waals surface area (Å²) in [6.07, 6.45) is -0.237. The summed E-state index contributed by atoms with van der Waals surface area (Å²) in [5.74, 6) is 0. The first-order chi connectivity index (χ1) is 9.74. The first kappa shape index (κ1) is 16.0. The average Bonchev–Trinajstić information content (AvgIpc) is 2.27. The third kappa shape index (κ3) is 4.58. The first-order valence-corrected chi connectivity index (χ1v) is 7.34. The van der Waals surface area contributed by atoms with E-state index in [2.05, 4.69) is 4.98 Å². The van der Waals surface area contributed by atoms with Gasteiger partial charge in [0.05, 0.1) is 25.8 Å². The van der Waals surface area contributed by atoms with E-state index in [1.807, 2.05) is 33.8 Å². The number of pyridine rings is 1. The molecule has 0 atom stereocenters. The van der Waals surface area contributed by atoms with Crippen LogP contribution >= 0.6 is 11.6 Å². The molecule has 0 bridgehead atoms. The number of aryl methyl sites for hydroxylation is 1. The van der Waals surface area contributed by atoms with Crippen LogP contribution in [0.1, 0.15) is 32.0 Å². The first-order valence-electron chi connectivity index (χ1n) is 6.96. The van der Waals surface area contributed by atoms with Crippen molar-refractivity contribution in [3.63, 3.8) is 0 Å². The van der Waals surface area contributed by atoms with Gasteiger partial charge in [-0.15, -0.1) is 0 Å². The van der Waals surface area contributed by atoms with E-state index in [0.717, 1.165) is 11.3 Å². The molecule has 116 valence electrons. The number of nitrogens with zero attached hydrogens (tertiary/aromatic N) is 2. The number of aromatic nitrogens is 1. The quantitative estimate of drug-likeness (QED) is 0.804. The monoisotopic (exact) mass is 312 g/mol. The predicted octanol–water partition coefficient (Wildman–Crippen LogP) is 3.18. The molecule has 1 aliphatic heterocycles. The molecule has 1 amide bonds. The zero-order chi connectivity index (χ0) is 15.6. The molecular weight excluding hydrogens is 292 g/mol. The number of carbonyl (C=O) groups excluding carboxylic acids is 1. The second-order valence-corrected chi connectivity index (χ2v) is 6.58. The molecule has 21 heavy (non-hydrogen) atoms. The molecule has 0 aliphatic carbocycles. The van der Waals surface area contributed by atoms with E-state index in [9.17, 15) is 4.79 Å². The van der Waals surface area contributed by atoms with E-state index >= 15 is 0 Å². The fourth-order valence-electron chi connectivity index (χ4n) is 1.94. The minimum Gasteiger partial charge on any atom is -0.444 e. The number of halogens is 1. The van der Waals surface area contributed by atoms with Gasteiger partial charge in [-0.1, -0.05) is 17.7 Å². The zero-order valence-corrected chi connectivity index (χ0v) is 13.6. The fourth-order valence-corrected chi connectivity index (χ4v) is 2.13. The molecule has 0 N–H and O–H groups in total. The van der Waals surface area contributed by atoms with Crippen molar-refractivity contribution in [1.29, 1.82) is 0 Å². The molecule has 6 heteroatoms. The maximum absolute atomic E-state index is 11.8. The summed E-state index contributed by atoms with van der Waals surface area (Å²) >= 11 is 5.81. The Kier molecular flexibility index (Phi) is 4.74. The minimum atomic E-state index is -0.463. The number of likely N-dealkylation sites (tertiary alicyclic amines) is 1. The lowest BCUT2D eigenvalue weighted by Gasteiger charge is -2.39. The Bertz CT molecular complexity index is 522. The van der Waals surface area contributed by atoms with Gasteiger partial charge in [-0.25, -0.2) is 9.78 Å². The second kappa shape index (κ2) is 6.20. The third-order valence-electron chi connectivity index (χ3n) is 3.14. The Morgan fingerprint density at radius 2 is 2.10 bits per heavy atom. The molecule has 0 saturated carbocycles. The Morgan fingerprint density at radius 1 is 1.43 bits per heavy atom. The fraction of sp³-hybridized carbons (Fsp3) is 0.600. The summed E-state index contributed by atoms with van der Waals surface area (Å²) in [4.78, 5) is 17.6. The molecule has 5 nitrogen and oxygen atoms in total. The number of carbonyl (C=O) groups is 1. The van der Waals surface area contributed by atoms with Crippen molar-refractivity contribution in [1.82, 2.24) is 9.88 Å². The van der Waals surface area contributed by atoms with E-state index < -0.39 is 5.60 Å². The van der Waals surface area contributed by atoms with Gasteiger partial charge in [-0.05, 0) is 39.3 Å². The van der Waals surface area contributed by atoms with Crippen LogP contribution in [0, 0.1) is 6.92 Å². The summed E-state index contributed by atoms with van der Waals surface area (Å²) < 4.78 is 11.1. The molecule has 0 aromatic carbocycles. The lowest BCUT2D eigenvalue weighted by molar-refractivity contribution is -0.0692. The van der Waals surface area contributed by atoms with Crippen molar-refractivity contribution in [2.45, 2.75) is 46.0 Å². The molecule has 2 heterocycles. The topological polar surface area (TPSA) is 51.7 Å². The van der Waals surface area contributed by atoms with E-state index in [4.69, 9.17) is 21.1 Å². The molecule has 2 rings (SSSR count). The zero-order valence-electron chi connectivity index (χ0n) is 12.9. The van der Waals surface area contributed by atoms with Crippen LogP contribution in [-0.2, 0) is 16.1 Å².